The van der Waals surface area contributed by atoms with Gasteiger partial charge in [0.15, 0.2) is 0 Å². The van der Waals surface area contributed by atoms with Crippen LogP contribution in [-0.4, -0.2) is 17.3 Å². The number of nitrogens with zero attached hydrogens (tertiary/aromatic N) is 1. The average molecular weight is 280 g/mol. The molecule has 0 spiro atoms. The monoisotopic (exact) mass is 279 g/mol. The second-order valence-electron chi connectivity index (χ2n) is 3.80. The third kappa shape index (κ3) is 3.93. The molecule has 0 fully saturated rings. The van der Waals surface area contributed by atoms with Gasteiger partial charge in [0.2, 0.25) is 0 Å². The molecule has 0 aliphatic carbocycles. The maximum absolute atomic E-state index is 6.02. The molecule has 18 heavy (non-hydrogen) atoms. The largest absolute Gasteiger partial charge is 0.493 e. The smallest absolute Gasteiger partial charge is 0.119 e. The quantitative estimate of drug-likeness (QED) is 0.604. The molecule has 0 N–H and O–H groups in total. The number of hydrogen-bond acceptors (Lipinski definition) is 3. The molecule has 1 heterocycles. The highest BCUT2D eigenvalue weighted by Gasteiger charge is 2.01. The van der Waals surface area contributed by atoms with Gasteiger partial charge in [-0.2, -0.15) is 0 Å². The molecule has 2 nitrogen and oxygen atoms in total. The van der Waals surface area contributed by atoms with Crippen LogP contribution in [0.2, 0.25) is 5.02 Å². The molecule has 2 rings (SSSR count). The van der Waals surface area contributed by atoms with E-state index in [1.165, 1.54) is 5.56 Å². The molecule has 4 heteroatoms. The summed E-state index contributed by atoms with van der Waals surface area (Å²) < 4.78 is 5.66. The molecular weight excluding hydrogens is 266 g/mol. The summed E-state index contributed by atoms with van der Waals surface area (Å²) in [6.45, 7) is 2.69. The Hall–Kier alpha value is -1.19. The zero-order valence-corrected chi connectivity index (χ0v) is 11.7. The molecule has 0 radical (unpaired) electrons. The van der Waals surface area contributed by atoms with Crippen molar-refractivity contribution < 1.29 is 4.74 Å². The molecule has 1 aromatic carbocycles. The van der Waals surface area contributed by atoms with E-state index in [0.29, 0.717) is 11.6 Å². The van der Waals surface area contributed by atoms with Gasteiger partial charge < -0.3 is 4.74 Å². The number of aromatic nitrogens is 1. The predicted octanol–water partition coefficient (Wildman–Crippen LogP) is 4.21. The van der Waals surface area contributed by atoms with Gasteiger partial charge in [-0.15, -0.1) is 11.8 Å². The van der Waals surface area contributed by atoms with E-state index in [-0.39, 0.29) is 0 Å². The summed E-state index contributed by atoms with van der Waals surface area (Å²) in [4.78, 5) is 4.21. The molecule has 0 unspecified atom stereocenters. The molecule has 0 saturated carbocycles. The minimum absolute atomic E-state index is 0.640. The minimum atomic E-state index is 0.640. The van der Waals surface area contributed by atoms with Crippen LogP contribution in [0.3, 0.4) is 0 Å². The van der Waals surface area contributed by atoms with Gasteiger partial charge in [0.25, 0.3) is 0 Å². The average Bonchev–Trinajstić information content (AvgIpc) is 2.37. The summed E-state index contributed by atoms with van der Waals surface area (Å²) in [6, 6.07) is 11.7. The van der Waals surface area contributed by atoms with Crippen LogP contribution >= 0.6 is 23.4 Å². The number of hydrogen-bond donors (Lipinski definition) is 0. The first-order valence-corrected chi connectivity index (χ1v) is 7.05. The van der Waals surface area contributed by atoms with Crippen LogP contribution in [0.25, 0.3) is 0 Å². The van der Waals surface area contributed by atoms with Crippen LogP contribution < -0.4 is 4.74 Å². The molecular formula is C14H14ClNOS. The lowest BCUT2D eigenvalue weighted by Gasteiger charge is -2.06. The van der Waals surface area contributed by atoms with E-state index in [9.17, 15) is 0 Å². The molecule has 0 aliphatic rings. The number of benzene rings is 1. The first kappa shape index (κ1) is 13.2. The highest BCUT2D eigenvalue weighted by atomic mass is 35.5. The van der Waals surface area contributed by atoms with Crippen molar-refractivity contribution in [3.8, 4) is 5.75 Å². The van der Waals surface area contributed by atoms with Crippen LogP contribution in [0.5, 0.6) is 5.75 Å². The second-order valence-corrected chi connectivity index (χ2v) is 5.29. The third-order valence-electron chi connectivity index (χ3n) is 2.31. The van der Waals surface area contributed by atoms with Gasteiger partial charge in [0.1, 0.15) is 10.8 Å². The fourth-order valence-electron chi connectivity index (χ4n) is 1.48. The van der Waals surface area contributed by atoms with Crippen LogP contribution in [0.1, 0.15) is 5.56 Å². The lowest BCUT2D eigenvalue weighted by molar-refractivity contribution is 0.343. The molecule has 0 saturated heterocycles. The van der Waals surface area contributed by atoms with Gasteiger partial charge in [-0.3, -0.25) is 0 Å². The first-order chi connectivity index (χ1) is 8.75. The number of thioether (sulfide) groups is 1. The summed E-state index contributed by atoms with van der Waals surface area (Å²) in [5.41, 5.74) is 1.20. The van der Waals surface area contributed by atoms with Gasteiger partial charge in [0.05, 0.1) is 11.6 Å². The number of rotatable bonds is 5. The van der Waals surface area contributed by atoms with Crippen molar-refractivity contribution in [3.05, 3.63) is 53.2 Å². The Bertz CT molecular complexity index is 519. The molecule has 1 aromatic heterocycles. The van der Waals surface area contributed by atoms with Crippen LogP contribution in [0, 0.1) is 6.92 Å². The van der Waals surface area contributed by atoms with Gasteiger partial charge >= 0.3 is 0 Å². The molecule has 0 aliphatic heterocycles. The maximum Gasteiger partial charge on any atom is 0.119 e. The van der Waals surface area contributed by atoms with Crippen molar-refractivity contribution in [2.24, 2.45) is 0 Å². The zero-order chi connectivity index (χ0) is 12.8. The summed E-state index contributed by atoms with van der Waals surface area (Å²) >= 11 is 7.62. The topological polar surface area (TPSA) is 22.1 Å². The SMILES string of the molecule is Cc1cccc(OCCSc2ncccc2Cl)c1. The van der Waals surface area contributed by atoms with E-state index in [0.717, 1.165) is 16.5 Å². The molecule has 0 atom stereocenters. The Kier molecular flexibility index (Phi) is 4.90. The van der Waals surface area contributed by atoms with Crippen molar-refractivity contribution in [1.29, 1.82) is 0 Å². The maximum atomic E-state index is 6.02. The van der Waals surface area contributed by atoms with E-state index < -0.39 is 0 Å². The van der Waals surface area contributed by atoms with Crippen LogP contribution in [0.15, 0.2) is 47.6 Å². The van der Waals surface area contributed by atoms with Gasteiger partial charge in [-0.1, -0.05) is 23.7 Å². The lowest BCUT2D eigenvalue weighted by atomic mass is 10.2. The fourth-order valence-corrected chi connectivity index (χ4v) is 2.47. The Balaban J connectivity index is 1.78. The second kappa shape index (κ2) is 6.66. The van der Waals surface area contributed by atoms with Gasteiger partial charge in [0, 0.05) is 11.9 Å². The van der Waals surface area contributed by atoms with Gasteiger partial charge in [-0.25, -0.2) is 4.98 Å². The van der Waals surface area contributed by atoms with E-state index in [2.05, 4.69) is 18.0 Å². The Morgan fingerprint density at radius 3 is 2.94 bits per heavy atom. The van der Waals surface area contributed by atoms with Crippen molar-refractivity contribution in [2.45, 2.75) is 11.9 Å². The normalized spacial score (nSPS) is 10.3. The minimum Gasteiger partial charge on any atom is -0.493 e. The summed E-state index contributed by atoms with van der Waals surface area (Å²) in [5, 5.41) is 1.55. The molecule has 0 bridgehead atoms. The van der Waals surface area contributed by atoms with Crippen molar-refractivity contribution in [2.75, 3.05) is 12.4 Å². The summed E-state index contributed by atoms with van der Waals surface area (Å²) in [7, 11) is 0. The first-order valence-electron chi connectivity index (χ1n) is 5.68. The summed E-state index contributed by atoms with van der Waals surface area (Å²) in [5.74, 6) is 1.73. The van der Waals surface area contributed by atoms with Crippen molar-refractivity contribution in [1.82, 2.24) is 4.98 Å². The predicted molar refractivity (Wildman–Crippen MR) is 76.6 cm³/mol. The Labute approximate surface area is 116 Å². The zero-order valence-electron chi connectivity index (χ0n) is 10.1. The van der Waals surface area contributed by atoms with E-state index in [1.54, 1.807) is 18.0 Å². The van der Waals surface area contributed by atoms with E-state index in [1.807, 2.05) is 30.3 Å². The third-order valence-corrected chi connectivity index (χ3v) is 3.69. The van der Waals surface area contributed by atoms with E-state index in [4.69, 9.17) is 16.3 Å². The Morgan fingerprint density at radius 1 is 1.28 bits per heavy atom. The Morgan fingerprint density at radius 2 is 2.17 bits per heavy atom. The highest BCUT2D eigenvalue weighted by Crippen LogP contribution is 2.24. The fraction of sp³-hybridized carbons (Fsp3) is 0.214. The molecule has 94 valence electrons. The van der Waals surface area contributed by atoms with Crippen molar-refractivity contribution >= 4 is 23.4 Å². The number of halogens is 1. The summed E-state index contributed by atoms with van der Waals surface area (Å²) in [6.07, 6.45) is 1.75. The highest BCUT2D eigenvalue weighted by molar-refractivity contribution is 7.99. The van der Waals surface area contributed by atoms with Crippen LogP contribution in [-0.2, 0) is 0 Å². The van der Waals surface area contributed by atoms with Crippen molar-refractivity contribution in [3.63, 3.8) is 0 Å². The van der Waals surface area contributed by atoms with Gasteiger partial charge in [-0.05, 0) is 36.8 Å². The van der Waals surface area contributed by atoms with E-state index >= 15 is 0 Å². The number of aryl methyl sites for hydroxylation is 1. The number of ether oxygens (including phenoxy) is 1. The molecule has 2 aromatic rings. The standard InChI is InChI=1S/C14H14ClNOS/c1-11-4-2-5-12(10-11)17-8-9-18-14-13(15)6-3-7-16-14/h2-7,10H,8-9H2,1H3. The number of pyridine rings is 1. The lowest BCUT2D eigenvalue weighted by Crippen LogP contribution is -2.00. The van der Waals surface area contributed by atoms with Crippen LogP contribution in [0.4, 0.5) is 0 Å². The molecule has 0 amide bonds.